The van der Waals surface area contributed by atoms with Crippen LogP contribution in [0.1, 0.15) is 6.42 Å². The van der Waals surface area contributed by atoms with Crippen LogP contribution in [0.5, 0.6) is 0 Å². The third-order valence-corrected chi connectivity index (χ3v) is 20.2. The van der Waals surface area contributed by atoms with Crippen LogP contribution in [0.2, 0.25) is 70.6 Å². The molecule has 0 aromatic rings. The van der Waals surface area contributed by atoms with Crippen molar-refractivity contribution in [3.05, 3.63) is 25.2 Å². The van der Waals surface area contributed by atoms with Crippen LogP contribution < -0.4 is 0 Å². The van der Waals surface area contributed by atoms with Crippen LogP contribution in [0.15, 0.2) is 25.2 Å². The number of aliphatic hydroxyl groups excluding tert-OH is 2. The smallest absolute Gasteiger partial charge is 0.311 e. The first-order chi connectivity index (χ1) is 12.1. The summed E-state index contributed by atoms with van der Waals surface area (Å²) in [4.78, 5) is 0. The zero-order chi connectivity index (χ0) is 21.8. The Morgan fingerprint density at radius 2 is 1.48 bits per heavy atom. The summed E-state index contributed by atoms with van der Waals surface area (Å²) in [6.07, 6.45) is 4.59. The largest absolute Gasteiger partial charge is 0.516 e. The van der Waals surface area contributed by atoms with Crippen molar-refractivity contribution in [3.8, 4) is 0 Å². The molecule has 0 bridgehead atoms. The van der Waals surface area contributed by atoms with Crippen molar-refractivity contribution in [2.45, 2.75) is 77.1 Å². The van der Waals surface area contributed by atoms with Crippen molar-refractivity contribution >= 4 is 33.3 Å². The van der Waals surface area contributed by atoms with E-state index in [9.17, 15) is 5.11 Å². The van der Waals surface area contributed by atoms with Gasteiger partial charge in [-0.1, -0.05) is 26.2 Å². The van der Waals surface area contributed by atoms with Gasteiger partial charge in [0, 0.05) is 14.7 Å². The average molecular weight is 453 g/mol. The number of hydrogen-bond acceptors (Lipinski definition) is 5. The summed E-state index contributed by atoms with van der Waals surface area (Å²) in [7, 11) is -6.57. The van der Waals surface area contributed by atoms with Gasteiger partial charge in [0.15, 0.2) is 16.6 Å². The molecule has 5 nitrogen and oxygen atoms in total. The number of hydrogen-bond donors (Lipinski definition) is 2. The second kappa shape index (κ2) is 13.1. The molecule has 1 atom stereocenters. The molecule has 162 valence electrons. The second-order valence-electron chi connectivity index (χ2n) is 9.62. The van der Waals surface area contributed by atoms with Crippen LogP contribution in [0.25, 0.3) is 0 Å². The van der Waals surface area contributed by atoms with Crippen molar-refractivity contribution in [1.82, 2.24) is 0 Å². The molecule has 0 aliphatic heterocycles. The Hall–Kier alpha value is -0.172. The minimum absolute atomic E-state index is 0.272. The first-order valence-corrected chi connectivity index (χ1v) is 22.4. The Labute approximate surface area is 172 Å². The fourth-order valence-corrected chi connectivity index (χ4v) is 26.4. The zero-order valence-electron chi connectivity index (χ0n) is 19.1. The molecule has 0 aliphatic carbocycles. The lowest BCUT2D eigenvalue weighted by Gasteiger charge is -2.41. The van der Waals surface area contributed by atoms with Gasteiger partial charge >= 0.3 is 8.56 Å². The van der Waals surface area contributed by atoms with Crippen LogP contribution in [0.4, 0.5) is 0 Å². The van der Waals surface area contributed by atoms with E-state index in [1.165, 1.54) is 18.0 Å². The topological polar surface area (TPSA) is 68.2 Å². The predicted octanol–water partition coefficient (Wildman–Crippen LogP) is 5.61. The molecule has 0 saturated heterocycles. The van der Waals surface area contributed by atoms with Crippen LogP contribution in [-0.2, 0) is 13.0 Å². The molecule has 0 heterocycles. The van der Waals surface area contributed by atoms with Gasteiger partial charge in [-0.25, -0.2) is 0 Å². The highest BCUT2D eigenvalue weighted by atomic mass is 28.5. The predicted molar refractivity (Wildman–Crippen MR) is 127 cm³/mol. The summed E-state index contributed by atoms with van der Waals surface area (Å²) in [5.41, 5.74) is 1.26. The monoisotopic (exact) mass is 452 g/mol. The molecule has 9 heteroatoms. The number of aliphatic hydroxyl groups is 2. The molecule has 1 unspecified atom stereocenters. The maximum absolute atomic E-state index is 9.18. The van der Waals surface area contributed by atoms with Gasteiger partial charge in [0.2, 0.25) is 0 Å². The first kappa shape index (κ1) is 29.0. The van der Waals surface area contributed by atoms with Crippen LogP contribution in [0.3, 0.4) is 0 Å². The Bertz CT molecular complexity index is 430. The first-order valence-electron chi connectivity index (χ1n) is 9.63. The second-order valence-corrected chi connectivity index (χ2v) is 28.2. The molecule has 0 fully saturated rings. The van der Waals surface area contributed by atoms with Crippen LogP contribution >= 0.6 is 0 Å². The molecule has 27 heavy (non-hydrogen) atoms. The van der Waals surface area contributed by atoms with Gasteiger partial charge in [0.05, 0.1) is 12.5 Å². The molecule has 0 rings (SSSR count). The van der Waals surface area contributed by atoms with E-state index >= 15 is 0 Å². The van der Waals surface area contributed by atoms with E-state index in [0.717, 1.165) is 18.7 Å². The molecule has 0 aromatic carbocycles. The minimum Gasteiger partial charge on any atom is -0.516 e. The maximum atomic E-state index is 9.18. The lowest BCUT2D eigenvalue weighted by Crippen LogP contribution is -2.54. The van der Waals surface area contributed by atoms with Gasteiger partial charge < -0.3 is 23.2 Å². The summed E-state index contributed by atoms with van der Waals surface area (Å²) in [6.45, 7) is 24.6. The zero-order valence-corrected chi connectivity index (χ0v) is 23.1. The van der Waals surface area contributed by atoms with Crippen molar-refractivity contribution in [2.75, 3.05) is 13.2 Å². The van der Waals surface area contributed by atoms with Gasteiger partial charge in [-0.05, 0) is 63.5 Å². The third-order valence-electron chi connectivity index (χ3n) is 3.23. The molecule has 0 aliphatic rings. The van der Waals surface area contributed by atoms with E-state index in [0.29, 0.717) is 6.61 Å². The van der Waals surface area contributed by atoms with E-state index < -0.39 is 33.3 Å². The molecule has 0 amide bonds. The quantitative estimate of drug-likeness (QED) is 0.229. The van der Waals surface area contributed by atoms with Gasteiger partial charge in [-0.15, -0.1) is 0 Å². The average Bonchev–Trinajstić information content (AvgIpc) is 2.41. The van der Waals surface area contributed by atoms with Crippen molar-refractivity contribution in [1.29, 1.82) is 0 Å². The summed E-state index contributed by atoms with van der Waals surface area (Å²) in [5, 5.41) is 17.2. The lowest BCUT2D eigenvalue weighted by atomic mass is 10.5. The standard InChI is InChI=1S/C13H36O3Si4.C5H8O2/c1-17(2,3)13-20(9,12-10-11-14)16-19(7,8)15-18(4,5)6;1-2-7-5-3-4-6/h14H,10-13H2,1-9H3;2-4,6H,1,5H2/b;4-3+. The van der Waals surface area contributed by atoms with Gasteiger partial charge in [-0.2, -0.15) is 0 Å². The fourth-order valence-electron chi connectivity index (χ4n) is 3.27. The molecule has 0 spiro atoms. The molecule has 0 saturated carbocycles. The fraction of sp³-hybridized carbons (Fsp3) is 0.778. The highest BCUT2D eigenvalue weighted by Gasteiger charge is 2.42. The SMILES string of the molecule is C=COC/C=C/O.C[Si](C)(C)C[Si](C)(CCCO)O[Si](C)(C)O[Si](C)(C)C. The summed E-state index contributed by atoms with van der Waals surface area (Å²) in [5.74, 6) is 0. The summed E-state index contributed by atoms with van der Waals surface area (Å²) >= 11 is 0. The normalized spacial score (nSPS) is 15.0. The highest BCUT2D eigenvalue weighted by molar-refractivity contribution is 6.96. The molecular weight excluding hydrogens is 409 g/mol. The Morgan fingerprint density at radius 1 is 0.926 bits per heavy atom. The number of ether oxygens (including phenoxy) is 1. The molecule has 2 N–H and O–H groups in total. The number of rotatable bonds is 12. The van der Waals surface area contributed by atoms with Gasteiger partial charge in [-0.3, -0.25) is 0 Å². The van der Waals surface area contributed by atoms with Gasteiger partial charge in [0.25, 0.3) is 0 Å². The van der Waals surface area contributed by atoms with E-state index in [1.807, 2.05) is 0 Å². The molecule has 0 aromatic heterocycles. The van der Waals surface area contributed by atoms with Crippen molar-refractivity contribution in [3.63, 3.8) is 0 Å². The van der Waals surface area contributed by atoms with Crippen LogP contribution in [0, 0.1) is 0 Å². The molecule has 0 radical (unpaired) electrons. The van der Waals surface area contributed by atoms with E-state index in [2.05, 4.69) is 70.2 Å². The Kier molecular flexibility index (Phi) is 14.1. The van der Waals surface area contributed by atoms with Crippen LogP contribution in [-0.4, -0.2) is 56.7 Å². The summed E-state index contributed by atoms with van der Waals surface area (Å²) in [6, 6.07) is 1.05. The Balaban J connectivity index is 0. The van der Waals surface area contributed by atoms with Crippen molar-refractivity contribution in [2.24, 2.45) is 0 Å². The maximum Gasteiger partial charge on any atom is 0.311 e. The molecular formula is C18H44O5Si4. The summed E-state index contributed by atoms with van der Waals surface area (Å²) < 4.78 is 17.6. The van der Waals surface area contributed by atoms with E-state index in [1.54, 1.807) is 0 Å². The van der Waals surface area contributed by atoms with Gasteiger partial charge in [0.1, 0.15) is 6.61 Å². The highest BCUT2D eigenvalue weighted by Crippen LogP contribution is 2.30. The lowest BCUT2D eigenvalue weighted by molar-refractivity contribution is 0.287. The minimum atomic E-state index is -2.06. The van der Waals surface area contributed by atoms with Crippen molar-refractivity contribution < 1.29 is 23.2 Å². The third kappa shape index (κ3) is 20.4. The van der Waals surface area contributed by atoms with E-state index in [-0.39, 0.29) is 6.61 Å². The Morgan fingerprint density at radius 3 is 1.85 bits per heavy atom. The van der Waals surface area contributed by atoms with E-state index in [4.69, 9.17) is 13.3 Å².